The summed E-state index contributed by atoms with van der Waals surface area (Å²) in [7, 11) is 0. The van der Waals surface area contributed by atoms with Crippen molar-refractivity contribution < 1.29 is 18.0 Å². The third-order valence-corrected chi connectivity index (χ3v) is 6.41. The van der Waals surface area contributed by atoms with Gasteiger partial charge >= 0.3 is 0 Å². The van der Waals surface area contributed by atoms with Crippen LogP contribution in [-0.4, -0.2) is 27.7 Å². The van der Waals surface area contributed by atoms with Crippen LogP contribution in [0.15, 0.2) is 46.2 Å². The summed E-state index contributed by atoms with van der Waals surface area (Å²) in [4.78, 5) is 33.3. The first-order chi connectivity index (χ1) is 14.8. The van der Waals surface area contributed by atoms with Crippen LogP contribution < -0.4 is 10.5 Å². The van der Waals surface area contributed by atoms with Gasteiger partial charge in [-0.05, 0) is 42.8 Å². The molecule has 10 heteroatoms. The van der Waals surface area contributed by atoms with Crippen LogP contribution in [0.5, 0.6) is 0 Å². The molecule has 5 nitrogen and oxygen atoms in total. The molecule has 1 aliphatic rings. The molecule has 2 heterocycles. The molecule has 31 heavy (non-hydrogen) atoms. The van der Waals surface area contributed by atoms with Gasteiger partial charge in [-0.15, -0.1) is 0 Å². The second-order valence-corrected chi connectivity index (χ2v) is 8.42. The third-order valence-electron chi connectivity index (χ3n) is 4.99. The van der Waals surface area contributed by atoms with Gasteiger partial charge in [0.15, 0.2) is 11.6 Å². The van der Waals surface area contributed by atoms with Crippen molar-refractivity contribution in [3.63, 3.8) is 0 Å². The van der Waals surface area contributed by atoms with Gasteiger partial charge in [0.1, 0.15) is 11.1 Å². The Kier molecular flexibility index (Phi) is 5.81. The summed E-state index contributed by atoms with van der Waals surface area (Å²) in [6.45, 7) is 1.64. The van der Waals surface area contributed by atoms with Crippen LogP contribution in [-0.2, 0) is 11.3 Å². The molecule has 0 radical (unpaired) electrons. The lowest BCUT2D eigenvalue weighted by molar-refractivity contribution is -0.118. The minimum Gasteiger partial charge on any atom is -0.319 e. The maximum Gasteiger partial charge on any atom is 0.248 e. The van der Waals surface area contributed by atoms with Crippen LogP contribution in [0.2, 0.25) is 5.02 Å². The number of fused-ring (bicyclic) bond motifs is 1. The second-order valence-electron chi connectivity index (χ2n) is 7.02. The Morgan fingerprint density at radius 3 is 2.61 bits per heavy atom. The Labute approximate surface area is 183 Å². The summed E-state index contributed by atoms with van der Waals surface area (Å²) in [5, 5.41) is -0.471. The van der Waals surface area contributed by atoms with E-state index in [-0.39, 0.29) is 34.4 Å². The van der Waals surface area contributed by atoms with Gasteiger partial charge in [-0.1, -0.05) is 23.4 Å². The van der Waals surface area contributed by atoms with E-state index in [2.05, 4.69) is 9.98 Å². The SMILES string of the molecule is CC1N=CSC1C(=O)N(Cc1cc(=O)[nH]c2c(F)c(F)ccc12)c1ccc(F)c(Cl)c1. The molecule has 0 saturated carbocycles. The van der Waals surface area contributed by atoms with Gasteiger partial charge in [0.05, 0.1) is 28.7 Å². The molecule has 1 aliphatic heterocycles. The quantitative estimate of drug-likeness (QED) is 0.609. The van der Waals surface area contributed by atoms with Crippen molar-refractivity contribution in [1.29, 1.82) is 0 Å². The average Bonchev–Trinajstić information content (AvgIpc) is 3.16. The van der Waals surface area contributed by atoms with E-state index in [4.69, 9.17) is 11.6 Å². The predicted molar refractivity (Wildman–Crippen MR) is 116 cm³/mol. The second kappa shape index (κ2) is 8.39. The number of halogens is 4. The number of benzene rings is 2. The predicted octanol–water partition coefficient (Wildman–Crippen LogP) is 4.66. The summed E-state index contributed by atoms with van der Waals surface area (Å²) < 4.78 is 41.7. The number of rotatable bonds is 4. The topological polar surface area (TPSA) is 65.5 Å². The molecule has 4 rings (SSSR count). The Balaban J connectivity index is 1.83. The molecule has 1 N–H and O–H groups in total. The van der Waals surface area contributed by atoms with Gasteiger partial charge in [-0.3, -0.25) is 14.6 Å². The van der Waals surface area contributed by atoms with Crippen LogP contribution in [0.25, 0.3) is 10.9 Å². The molecular weight excluding hydrogens is 451 g/mol. The monoisotopic (exact) mass is 465 g/mol. The minimum absolute atomic E-state index is 0.143. The number of aromatic amines is 1. The molecule has 2 unspecified atom stereocenters. The van der Waals surface area contributed by atoms with E-state index >= 15 is 0 Å². The highest BCUT2D eigenvalue weighted by Crippen LogP contribution is 2.31. The number of nitrogens with one attached hydrogen (secondary N) is 1. The molecule has 3 aromatic rings. The molecule has 0 spiro atoms. The Morgan fingerprint density at radius 1 is 1.19 bits per heavy atom. The molecule has 2 atom stereocenters. The summed E-state index contributed by atoms with van der Waals surface area (Å²) in [6, 6.07) is 7.02. The molecular formula is C21H15ClF3N3O2S. The van der Waals surface area contributed by atoms with Crippen molar-refractivity contribution in [3.8, 4) is 0 Å². The highest BCUT2D eigenvalue weighted by Gasteiger charge is 2.33. The Morgan fingerprint density at radius 2 is 1.94 bits per heavy atom. The molecule has 0 bridgehead atoms. The fraction of sp³-hybridized carbons (Fsp3) is 0.190. The van der Waals surface area contributed by atoms with Gasteiger partial charge in [0, 0.05) is 17.1 Å². The first kappa shape index (κ1) is 21.5. The number of anilines is 1. The third kappa shape index (κ3) is 4.07. The summed E-state index contributed by atoms with van der Waals surface area (Å²) >= 11 is 7.17. The van der Waals surface area contributed by atoms with Crippen LogP contribution >= 0.6 is 23.4 Å². The number of carbonyl (C=O) groups excluding carboxylic acids is 1. The van der Waals surface area contributed by atoms with E-state index in [1.807, 2.05) is 0 Å². The molecule has 2 aromatic carbocycles. The van der Waals surface area contributed by atoms with Crippen molar-refractivity contribution in [2.24, 2.45) is 4.99 Å². The molecule has 0 saturated heterocycles. The van der Waals surface area contributed by atoms with E-state index in [0.29, 0.717) is 11.3 Å². The number of nitrogens with zero attached hydrogens (tertiary/aromatic N) is 2. The Hall–Kier alpha value is -2.78. The first-order valence-corrected chi connectivity index (χ1v) is 10.5. The van der Waals surface area contributed by atoms with Gasteiger partial charge in [0.2, 0.25) is 11.5 Å². The van der Waals surface area contributed by atoms with E-state index in [1.54, 1.807) is 12.5 Å². The fourth-order valence-corrected chi connectivity index (χ4v) is 4.50. The Bertz CT molecular complexity index is 1280. The zero-order chi connectivity index (χ0) is 22.3. The number of thioether (sulfide) groups is 1. The summed E-state index contributed by atoms with van der Waals surface area (Å²) in [6.07, 6.45) is 0. The largest absolute Gasteiger partial charge is 0.319 e. The lowest BCUT2D eigenvalue weighted by atomic mass is 10.1. The summed E-state index contributed by atoms with van der Waals surface area (Å²) in [5.41, 5.74) is 1.24. The number of carbonyl (C=O) groups is 1. The van der Waals surface area contributed by atoms with Gasteiger partial charge in [-0.2, -0.15) is 0 Å². The van der Waals surface area contributed by atoms with Crippen molar-refractivity contribution in [3.05, 3.63) is 74.8 Å². The highest BCUT2D eigenvalue weighted by atomic mass is 35.5. The first-order valence-electron chi connectivity index (χ1n) is 9.19. The molecule has 0 aliphatic carbocycles. The molecule has 1 amide bonds. The van der Waals surface area contributed by atoms with Crippen LogP contribution in [0.1, 0.15) is 12.5 Å². The van der Waals surface area contributed by atoms with Crippen molar-refractivity contribution in [1.82, 2.24) is 4.98 Å². The van der Waals surface area contributed by atoms with Crippen molar-refractivity contribution in [2.75, 3.05) is 4.90 Å². The molecule has 1 aromatic heterocycles. The smallest absolute Gasteiger partial charge is 0.248 e. The zero-order valence-corrected chi connectivity index (χ0v) is 17.6. The van der Waals surface area contributed by atoms with E-state index in [1.165, 1.54) is 40.9 Å². The van der Waals surface area contributed by atoms with E-state index < -0.39 is 28.3 Å². The van der Waals surface area contributed by atoms with Gasteiger partial charge < -0.3 is 9.88 Å². The number of hydrogen-bond donors (Lipinski definition) is 1. The minimum atomic E-state index is -1.19. The molecule has 160 valence electrons. The standard InChI is InChI=1S/C21H15ClF3N3O2S/c1-10-20(31-9-26-10)21(30)28(12-2-4-15(23)14(22)7-12)8-11-6-17(29)27-19-13(11)3-5-16(24)18(19)25/h2-7,9-10,20H,8H2,1H3,(H,27,29). The van der Waals surface area contributed by atoms with Crippen molar-refractivity contribution >= 4 is 51.4 Å². The zero-order valence-electron chi connectivity index (χ0n) is 16.0. The number of pyridine rings is 1. The number of aromatic nitrogens is 1. The van der Waals surface area contributed by atoms with Crippen LogP contribution in [0.4, 0.5) is 18.9 Å². The normalized spacial score (nSPS) is 18.0. The van der Waals surface area contributed by atoms with E-state index in [0.717, 1.165) is 12.1 Å². The highest BCUT2D eigenvalue weighted by molar-refractivity contribution is 8.13. The lowest BCUT2D eigenvalue weighted by Gasteiger charge is -2.27. The van der Waals surface area contributed by atoms with Crippen LogP contribution in [0.3, 0.4) is 0 Å². The summed E-state index contributed by atoms with van der Waals surface area (Å²) in [5.74, 6) is -3.28. The number of hydrogen-bond acceptors (Lipinski definition) is 4. The van der Waals surface area contributed by atoms with Gasteiger partial charge in [0.25, 0.3) is 0 Å². The number of amides is 1. The average molecular weight is 466 g/mol. The van der Waals surface area contributed by atoms with Crippen LogP contribution in [0, 0.1) is 17.5 Å². The lowest BCUT2D eigenvalue weighted by Crippen LogP contribution is -2.40. The maximum absolute atomic E-state index is 14.3. The van der Waals surface area contributed by atoms with E-state index in [9.17, 15) is 22.8 Å². The van der Waals surface area contributed by atoms with Crippen molar-refractivity contribution in [2.45, 2.75) is 24.8 Å². The number of H-pyrrole nitrogens is 1. The van der Waals surface area contributed by atoms with Gasteiger partial charge in [-0.25, -0.2) is 13.2 Å². The number of aliphatic imine (C=N–C) groups is 1. The maximum atomic E-state index is 14.3. The fourth-order valence-electron chi connectivity index (χ4n) is 3.39. The molecule has 0 fully saturated rings.